The first-order valence-corrected chi connectivity index (χ1v) is 11.7. The lowest BCUT2D eigenvalue weighted by molar-refractivity contribution is 1.18. The molecule has 0 fully saturated rings. The smallest absolute Gasteiger partial charge is 0.0648 e. The van der Waals surface area contributed by atoms with Gasteiger partial charge in [0.2, 0.25) is 0 Å². The largest absolute Gasteiger partial charge is 0.308 e. The van der Waals surface area contributed by atoms with Gasteiger partial charge in [0.1, 0.15) is 0 Å². The number of fused-ring (bicyclic) bond motifs is 6. The van der Waals surface area contributed by atoms with Gasteiger partial charge in [-0.2, -0.15) is 0 Å². The zero-order valence-electron chi connectivity index (χ0n) is 15.9. The monoisotopic (exact) mass is 420 g/mol. The third kappa shape index (κ3) is 2.12. The van der Waals surface area contributed by atoms with Gasteiger partial charge in [0.25, 0.3) is 0 Å². The first kappa shape index (κ1) is 16.5. The van der Waals surface area contributed by atoms with Crippen molar-refractivity contribution in [1.82, 2.24) is 9.13 Å². The molecule has 4 heteroatoms. The van der Waals surface area contributed by atoms with E-state index in [0.29, 0.717) is 0 Å². The fourth-order valence-electron chi connectivity index (χ4n) is 4.64. The van der Waals surface area contributed by atoms with Gasteiger partial charge in [-0.1, -0.05) is 36.4 Å². The molecule has 0 aliphatic carbocycles. The van der Waals surface area contributed by atoms with Crippen LogP contribution in [0.4, 0.5) is 0 Å². The molecule has 0 saturated heterocycles. The zero-order chi connectivity index (χ0) is 19.7. The first-order chi connectivity index (χ1) is 14.9. The van der Waals surface area contributed by atoms with E-state index < -0.39 is 0 Å². The molecule has 0 bridgehead atoms. The Morgan fingerprint density at radius 1 is 0.467 bits per heavy atom. The summed E-state index contributed by atoms with van der Waals surface area (Å²) in [6, 6.07) is 30.6. The van der Waals surface area contributed by atoms with E-state index in [0.717, 1.165) is 0 Å². The second-order valence-electron chi connectivity index (χ2n) is 7.50. The topological polar surface area (TPSA) is 9.86 Å². The number of hydrogen-bond acceptors (Lipinski definition) is 2. The van der Waals surface area contributed by atoms with Gasteiger partial charge in [0.05, 0.1) is 31.5 Å². The minimum Gasteiger partial charge on any atom is -0.308 e. The highest BCUT2D eigenvalue weighted by atomic mass is 32.1. The van der Waals surface area contributed by atoms with Crippen molar-refractivity contribution < 1.29 is 0 Å². The molecule has 0 spiro atoms. The standard InChI is InChI=1S/C26H16N2S2/c1-3-7-17(8-4-1)27-21-11-13-29-25(21)19-16-24-20(15-23(19)27)26-22(12-14-30-26)28(24)18-9-5-2-6-10-18/h1-16H. The fourth-order valence-corrected chi connectivity index (χ4v) is 6.45. The Morgan fingerprint density at radius 3 is 1.33 bits per heavy atom. The van der Waals surface area contributed by atoms with Crippen LogP contribution in [0.25, 0.3) is 53.6 Å². The van der Waals surface area contributed by atoms with Crippen molar-refractivity contribution in [3.8, 4) is 11.4 Å². The Hall–Kier alpha value is -3.34. The minimum absolute atomic E-state index is 1.21. The SMILES string of the molecule is c1ccc(-n2c3cc4c5sccc5n(-c5ccccc5)c4cc3c3sccc32)cc1. The van der Waals surface area contributed by atoms with Crippen LogP contribution in [0.2, 0.25) is 0 Å². The summed E-state index contributed by atoms with van der Waals surface area (Å²) in [4.78, 5) is 0. The third-order valence-electron chi connectivity index (χ3n) is 5.88. The van der Waals surface area contributed by atoms with Crippen molar-refractivity contribution in [2.24, 2.45) is 0 Å². The molecule has 0 radical (unpaired) electrons. The van der Waals surface area contributed by atoms with E-state index in [-0.39, 0.29) is 0 Å². The van der Waals surface area contributed by atoms with Crippen molar-refractivity contribution in [1.29, 1.82) is 0 Å². The molecule has 0 unspecified atom stereocenters. The molecular weight excluding hydrogens is 404 g/mol. The average Bonchev–Trinajstić information content (AvgIpc) is 3.55. The maximum absolute atomic E-state index is 2.40. The first-order valence-electron chi connectivity index (χ1n) is 9.94. The molecule has 4 aromatic heterocycles. The van der Waals surface area contributed by atoms with Crippen molar-refractivity contribution in [2.75, 3.05) is 0 Å². The molecule has 2 nitrogen and oxygen atoms in total. The number of aromatic nitrogens is 2. The predicted molar refractivity (Wildman–Crippen MR) is 131 cm³/mol. The molecule has 0 aliphatic heterocycles. The van der Waals surface area contributed by atoms with Gasteiger partial charge in [-0.15, -0.1) is 22.7 Å². The second kappa shape index (κ2) is 6.08. The maximum atomic E-state index is 2.40. The summed E-state index contributed by atoms with van der Waals surface area (Å²) < 4.78 is 7.50. The number of rotatable bonds is 2. The van der Waals surface area contributed by atoms with Crippen LogP contribution in [0.5, 0.6) is 0 Å². The molecule has 30 heavy (non-hydrogen) atoms. The van der Waals surface area contributed by atoms with Gasteiger partial charge < -0.3 is 9.13 Å². The number of thiophene rings is 2. The molecule has 0 amide bonds. The zero-order valence-corrected chi connectivity index (χ0v) is 17.6. The van der Waals surface area contributed by atoms with Crippen LogP contribution in [0.3, 0.4) is 0 Å². The van der Waals surface area contributed by atoms with Crippen LogP contribution in [0, 0.1) is 0 Å². The summed E-state index contributed by atoms with van der Waals surface area (Å²) >= 11 is 3.65. The average molecular weight is 421 g/mol. The lowest BCUT2D eigenvalue weighted by Crippen LogP contribution is -1.94. The van der Waals surface area contributed by atoms with E-state index in [2.05, 4.69) is 105 Å². The second-order valence-corrected chi connectivity index (χ2v) is 9.33. The summed E-state index contributed by atoms with van der Waals surface area (Å²) in [7, 11) is 0. The number of benzene rings is 3. The normalized spacial score (nSPS) is 12.0. The number of nitrogens with zero attached hydrogens (tertiary/aromatic N) is 2. The highest BCUT2D eigenvalue weighted by Crippen LogP contribution is 2.42. The lowest BCUT2D eigenvalue weighted by atomic mass is 10.2. The molecular formula is C26H16N2S2. The van der Waals surface area contributed by atoms with Gasteiger partial charge >= 0.3 is 0 Å². The maximum Gasteiger partial charge on any atom is 0.0648 e. The number of para-hydroxylation sites is 2. The van der Waals surface area contributed by atoms with E-state index in [1.165, 1.54) is 53.6 Å². The molecule has 0 saturated carbocycles. The molecule has 7 rings (SSSR count). The van der Waals surface area contributed by atoms with E-state index in [1.54, 1.807) is 0 Å². The van der Waals surface area contributed by atoms with E-state index in [4.69, 9.17) is 0 Å². The van der Waals surface area contributed by atoms with Crippen LogP contribution in [-0.2, 0) is 0 Å². The van der Waals surface area contributed by atoms with Gasteiger partial charge in [-0.25, -0.2) is 0 Å². The molecule has 7 aromatic rings. The van der Waals surface area contributed by atoms with E-state index in [9.17, 15) is 0 Å². The van der Waals surface area contributed by atoms with Crippen LogP contribution in [0.1, 0.15) is 0 Å². The van der Waals surface area contributed by atoms with E-state index in [1.807, 2.05) is 22.7 Å². The quantitative estimate of drug-likeness (QED) is 0.268. The molecule has 0 N–H and O–H groups in total. The highest BCUT2D eigenvalue weighted by Gasteiger charge is 2.19. The Bertz CT molecular complexity index is 1550. The summed E-state index contributed by atoms with van der Waals surface area (Å²) in [5.41, 5.74) is 7.53. The van der Waals surface area contributed by atoms with Crippen molar-refractivity contribution >= 4 is 64.9 Å². The van der Waals surface area contributed by atoms with Gasteiger partial charge in [0, 0.05) is 22.1 Å². The summed E-state index contributed by atoms with van der Waals surface area (Å²) in [6.45, 7) is 0. The molecule has 4 heterocycles. The van der Waals surface area contributed by atoms with Crippen LogP contribution >= 0.6 is 22.7 Å². The fraction of sp³-hybridized carbons (Fsp3) is 0. The summed E-state index contributed by atoms with van der Waals surface area (Å²) in [5.74, 6) is 0. The van der Waals surface area contributed by atoms with Crippen molar-refractivity contribution in [2.45, 2.75) is 0 Å². The van der Waals surface area contributed by atoms with Gasteiger partial charge in [0.15, 0.2) is 0 Å². The Morgan fingerprint density at radius 2 is 0.900 bits per heavy atom. The number of hydrogen-bond donors (Lipinski definition) is 0. The molecule has 142 valence electrons. The third-order valence-corrected chi connectivity index (χ3v) is 7.76. The van der Waals surface area contributed by atoms with Crippen LogP contribution in [-0.4, -0.2) is 9.13 Å². The molecule has 0 atom stereocenters. The highest BCUT2D eigenvalue weighted by molar-refractivity contribution is 7.18. The summed E-state index contributed by atoms with van der Waals surface area (Å²) in [5, 5.41) is 7.03. The Labute approximate surface area is 180 Å². The van der Waals surface area contributed by atoms with E-state index >= 15 is 0 Å². The van der Waals surface area contributed by atoms with Crippen LogP contribution in [0.15, 0.2) is 95.7 Å². The van der Waals surface area contributed by atoms with Gasteiger partial charge in [-0.05, 0) is 59.3 Å². The lowest BCUT2D eigenvalue weighted by Gasteiger charge is -2.08. The Balaban J connectivity index is 1.68. The van der Waals surface area contributed by atoms with Gasteiger partial charge in [-0.3, -0.25) is 0 Å². The predicted octanol–water partition coefficient (Wildman–Crippen LogP) is 8.00. The van der Waals surface area contributed by atoms with Crippen LogP contribution < -0.4 is 0 Å². The van der Waals surface area contributed by atoms with Crippen molar-refractivity contribution in [3.63, 3.8) is 0 Å². The minimum atomic E-state index is 1.21. The molecule has 0 aliphatic rings. The summed E-state index contributed by atoms with van der Waals surface area (Å²) in [6.07, 6.45) is 0. The molecule has 3 aromatic carbocycles. The van der Waals surface area contributed by atoms with Crippen molar-refractivity contribution in [3.05, 3.63) is 95.7 Å². The Kier molecular flexibility index (Phi) is 3.34.